The normalized spacial score (nSPS) is 11.5. The molecule has 0 fully saturated rings. The van der Waals surface area contributed by atoms with Crippen molar-refractivity contribution >= 4 is 17.3 Å². The number of hydrogen-bond acceptors (Lipinski definition) is 6. The van der Waals surface area contributed by atoms with Gasteiger partial charge in [0.15, 0.2) is 0 Å². The van der Waals surface area contributed by atoms with E-state index in [2.05, 4.69) is 34.4 Å². The van der Waals surface area contributed by atoms with E-state index < -0.39 is 4.92 Å². The lowest BCUT2D eigenvalue weighted by molar-refractivity contribution is -0.384. The van der Waals surface area contributed by atoms with Crippen LogP contribution in [-0.4, -0.2) is 47.5 Å². The van der Waals surface area contributed by atoms with Gasteiger partial charge in [-0.15, -0.1) is 0 Å². The quantitative estimate of drug-likeness (QED) is 0.566. The van der Waals surface area contributed by atoms with Crippen LogP contribution >= 0.6 is 0 Å². The molecule has 1 heterocycles. The first-order valence-electron chi connectivity index (χ1n) is 7.08. The van der Waals surface area contributed by atoms with Crippen molar-refractivity contribution in [3.8, 4) is 0 Å². The van der Waals surface area contributed by atoms with Crippen molar-refractivity contribution in [2.75, 3.05) is 37.8 Å². The molecular weight excluding hydrogens is 270 g/mol. The highest BCUT2D eigenvalue weighted by atomic mass is 16.6. The Balaban J connectivity index is 2.90. The SMILES string of the molecule is CCCNc1cc([N+](=O)[O-])cc(NCC(C)(C)N(C)C)n1. The van der Waals surface area contributed by atoms with Gasteiger partial charge in [-0.1, -0.05) is 6.92 Å². The monoisotopic (exact) mass is 295 g/mol. The Hall–Kier alpha value is -1.89. The summed E-state index contributed by atoms with van der Waals surface area (Å²) in [7, 11) is 3.99. The van der Waals surface area contributed by atoms with Crippen LogP contribution in [0.2, 0.25) is 0 Å². The molecule has 0 spiro atoms. The van der Waals surface area contributed by atoms with Crippen molar-refractivity contribution in [1.29, 1.82) is 0 Å². The van der Waals surface area contributed by atoms with Gasteiger partial charge in [-0.2, -0.15) is 0 Å². The molecule has 0 atom stereocenters. The predicted molar refractivity (Wildman–Crippen MR) is 85.9 cm³/mol. The first kappa shape index (κ1) is 17.2. The molecule has 0 radical (unpaired) electrons. The molecule has 7 nitrogen and oxygen atoms in total. The fraction of sp³-hybridized carbons (Fsp3) is 0.643. The summed E-state index contributed by atoms with van der Waals surface area (Å²) in [6.07, 6.45) is 0.931. The zero-order chi connectivity index (χ0) is 16.0. The third kappa shape index (κ3) is 5.18. The molecule has 21 heavy (non-hydrogen) atoms. The highest BCUT2D eigenvalue weighted by Crippen LogP contribution is 2.21. The fourth-order valence-electron chi connectivity index (χ4n) is 1.52. The minimum atomic E-state index is -0.402. The second kappa shape index (κ2) is 7.21. The summed E-state index contributed by atoms with van der Waals surface area (Å²) in [6, 6.07) is 2.92. The number of aromatic nitrogens is 1. The van der Waals surface area contributed by atoms with Gasteiger partial charge in [0.1, 0.15) is 11.6 Å². The molecular formula is C14H25N5O2. The van der Waals surface area contributed by atoms with Crippen LogP contribution in [0.25, 0.3) is 0 Å². The van der Waals surface area contributed by atoms with E-state index >= 15 is 0 Å². The Kier molecular flexibility index (Phi) is 5.90. The van der Waals surface area contributed by atoms with Gasteiger partial charge in [-0.3, -0.25) is 10.1 Å². The van der Waals surface area contributed by atoms with Gasteiger partial charge in [-0.05, 0) is 34.4 Å². The first-order chi connectivity index (χ1) is 9.76. The number of rotatable bonds is 8. The summed E-state index contributed by atoms with van der Waals surface area (Å²) < 4.78 is 0. The lowest BCUT2D eigenvalue weighted by Crippen LogP contribution is -2.44. The summed E-state index contributed by atoms with van der Waals surface area (Å²) in [5.41, 5.74) is -0.0442. The van der Waals surface area contributed by atoms with Crippen molar-refractivity contribution in [2.24, 2.45) is 0 Å². The zero-order valence-corrected chi connectivity index (χ0v) is 13.4. The topological polar surface area (TPSA) is 83.3 Å². The van der Waals surface area contributed by atoms with E-state index in [9.17, 15) is 10.1 Å². The average molecular weight is 295 g/mol. The number of nitrogens with zero attached hydrogens (tertiary/aromatic N) is 3. The molecule has 118 valence electrons. The van der Waals surface area contributed by atoms with Gasteiger partial charge in [0.25, 0.3) is 5.69 Å². The third-order valence-electron chi connectivity index (χ3n) is 3.49. The van der Waals surface area contributed by atoms with Crippen LogP contribution < -0.4 is 10.6 Å². The first-order valence-corrected chi connectivity index (χ1v) is 7.08. The van der Waals surface area contributed by atoms with Crippen LogP contribution in [0.3, 0.4) is 0 Å². The number of nitro groups is 1. The van der Waals surface area contributed by atoms with Gasteiger partial charge in [0.2, 0.25) is 0 Å². The van der Waals surface area contributed by atoms with E-state index in [4.69, 9.17) is 0 Å². The summed E-state index contributed by atoms with van der Waals surface area (Å²) in [5.74, 6) is 1.04. The highest BCUT2D eigenvalue weighted by molar-refractivity contribution is 5.54. The number of pyridine rings is 1. The van der Waals surface area contributed by atoms with Crippen LogP contribution in [0.15, 0.2) is 12.1 Å². The van der Waals surface area contributed by atoms with Gasteiger partial charge in [0, 0.05) is 18.6 Å². The Bertz CT molecular complexity index is 488. The van der Waals surface area contributed by atoms with Gasteiger partial charge >= 0.3 is 0 Å². The van der Waals surface area contributed by atoms with Crippen molar-refractivity contribution < 1.29 is 4.92 Å². The van der Waals surface area contributed by atoms with Gasteiger partial charge in [0.05, 0.1) is 17.1 Å². The maximum Gasteiger partial charge on any atom is 0.276 e. The molecule has 0 aliphatic carbocycles. The van der Waals surface area contributed by atoms with Crippen LogP contribution in [-0.2, 0) is 0 Å². The van der Waals surface area contributed by atoms with Crippen molar-refractivity contribution in [1.82, 2.24) is 9.88 Å². The predicted octanol–water partition coefficient (Wildman–Crippen LogP) is 2.56. The van der Waals surface area contributed by atoms with Crippen molar-refractivity contribution in [2.45, 2.75) is 32.7 Å². The second-order valence-electron chi connectivity index (χ2n) is 5.84. The van der Waals surface area contributed by atoms with Crippen LogP contribution in [0, 0.1) is 10.1 Å². The summed E-state index contributed by atoms with van der Waals surface area (Å²) in [5, 5.41) is 17.3. The summed E-state index contributed by atoms with van der Waals surface area (Å²) >= 11 is 0. The van der Waals surface area contributed by atoms with Crippen LogP contribution in [0.4, 0.5) is 17.3 Å². The Labute approximate surface area is 125 Å². The van der Waals surface area contributed by atoms with Crippen LogP contribution in [0.1, 0.15) is 27.2 Å². The molecule has 0 aromatic carbocycles. The zero-order valence-electron chi connectivity index (χ0n) is 13.4. The highest BCUT2D eigenvalue weighted by Gasteiger charge is 2.21. The number of nitrogens with one attached hydrogen (secondary N) is 2. The fourth-order valence-corrected chi connectivity index (χ4v) is 1.52. The summed E-state index contributed by atoms with van der Waals surface area (Å²) in [4.78, 5) is 17.1. The largest absolute Gasteiger partial charge is 0.370 e. The maximum atomic E-state index is 11.0. The van der Waals surface area contributed by atoms with E-state index in [0.717, 1.165) is 13.0 Å². The lowest BCUT2D eigenvalue weighted by atomic mass is 10.0. The molecule has 0 aliphatic rings. The Morgan fingerprint density at radius 1 is 1.29 bits per heavy atom. The van der Waals surface area contributed by atoms with Gasteiger partial charge in [-0.25, -0.2) is 4.98 Å². The standard InChI is InChI=1S/C14H25N5O2/c1-6-7-15-12-8-11(19(20)21)9-13(17-12)16-10-14(2,3)18(4)5/h8-9H,6-7,10H2,1-5H3,(H2,15,16,17). The van der Waals surface area contributed by atoms with Crippen LogP contribution in [0.5, 0.6) is 0 Å². The van der Waals surface area contributed by atoms with E-state index in [0.29, 0.717) is 18.2 Å². The molecule has 2 N–H and O–H groups in total. The molecule has 0 amide bonds. The molecule has 1 rings (SSSR count). The smallest absolute Gasteiger partial charge is 0.276 e. The van der Waals surface area contributed by atoms with Crippen molar-refractivity contribution in [3.05, 3.63) is 22.2 Å². The molecule has 0 saturated heterocycles. The van der Waals surface area contributed by atoms with Crippen molar-refractivity contribution in [3.63, 3.8) is 0 Å². The number of anilines is 2. The minimum Gasteiger partial charge on any atom is -0.370 e. The molecule has 0 unspecified atom stereocenters. The molecule has 0 aliphatic heterocycles. The molecule has 1 aromatic heterocycles. The van der Waals surface area contributed by atoms with E-state index in [1.54, 1.807) is 0 Å². The maximum absolute atomic E-state index is 11.0. The average Bonchev–Trinajstić information content (AvgIpc) is 2.42. The number of hydrogen-bond donors (Lipinski definition) is 2. The molecule has 0 saturated carbocycles. The lowest BCUT2D eigenvalue weighted by Gasteiger charge is -2.32. The van der Waals surface area contributed by atoms with E-state index in [1.807, 2.05) is 21.0 Å². The Morgan fingerprint density at radius 3 is 2.33 bits per heavy atom. The summed E-state index contributed by atoms with van der Waals surface area (Å²) in [6.45, 7) is 7.59. The second-order valence-corrected chi connectivity index (χ2v) is 5.84. The third-order valence-corrected chi connectivity index (χ3v) is 3.49. The molecule has 7 heteroatoms. The Morgan fingerprint density at radius 2 is 1.86 bits per heavy atom. The molecule has 1 aromatic rings. The molecule has 0 bridgehead atoms. The van der Waals surface area contributed by atoms with E-state index in [-0.39, 0.29) is 11.2 Å². The van der Waals surface area contributed by atoms with E-state index in [1.165, 1.54) is 12.1 Å². The minimum absolute atomic E-state index is 0.0359. The number of likely N-dealkylation sites (N-methyl/N-ethyl adjacent to an activating group) is 1. The van der Waals surface area contributed by atoms with Gasteiger partial charge < -0.3 is 15.5 Å².